The summed E-state index contributed by atoms with van der Waals surface area (Å²) >= 11 is 0. The van der Waals surface area contributed by atoms with Crippen LogP contribution >= 0.6 is 0 Å². The van der Waals surface area contributed by atoms with Crippen molar-refractivity contribution in [3.8, 4) is 5.88 Å². The second-order valence-electron chi connectivity index (χ2n) is 6.94. The van der Waals surface area contributed by atoms with E-state index in [1.807, 2.05) is 13.0 Å². The predicted molar refractivity (Wildman–Crippen MR) is 105 cm³/mol. The first-order valence-electron chi connectivity index (χ1n) is 9.31. The van der Waals surface area contributed by atoms with Gasteiger partial charge in [-0.1, -0.05) is 13.0 Å². The van der Waals surface area contributed by atoms with Gasteiger partial charge in [-0.05, 0) is 51.8 Å². The molecule has 1 N–H and O–H groups in total. The Bertz CT molecular complexity index is 962. The maximum atomic E-state index is 11.8. The van der Waals surface area contributed by atoms with Crippen LogP contribution in [0.15, 0.2) is 24.4 Å². The van der Waals surface area contributed by atoms with Gasteiger partial charge in [0.05, 0.1) is 23.9 Å². The van der Waals surface area contributed by atoms with Gasteiger partial charge in [0.1, 0.15) is 0 Å². The van der Waals surface area contributed by atoms with Crippen LogP contribution in [-0.2, 0) is 9.47 Å². The number of aromatic nitrogens is 2. The van der Waals surface area contributed by atoms with Crippen LogP contribution in [0.25, 0.3) is 21.8 Å². The molecule has 2 heterocycles. The summed E-state index contributed by atoms with van der Waals surface area (Å²) < 4.78 is 16.2. The molecule has 0 bridgehead atoms. The van der Waals surface area contributed by atoms with Gasteiger partial charge in [0.25, 0.3) is 0 Å². The molecule has 0 aliphatic carbocycles. The maximum Gasteiger partial charge on any atom is 0.515 e. The number of benzene rings is 1. The maximum absolute atomic E-state index is 11.8. The van der Waals surface area contributed by atoms with E-state index in [-0.39, 0.29) is 18.1 Å². The average Bonchev–Trinajstić information content (AvgIpc) is 2.99. The van der Waals surface area contributed by atoms with Gasteiger partial charge < -0.3 is 19.2 Å². The number of carbonyl (C=O) groups is 1. The fraction of sp³-hybridized carbons (Fsp3) is 0.429. The van der Waals surface area contributed by atoms with Crippen LogP contribution in [0.2, 0.25) is 0 Å². The molecular formula is C21H26N2O4. The number of carbonyl (C=O) groups excluding carboxylic acids is 1. The molecule has 3 aromatic rings. The zero-order valence-electron chi connectivity index (χ0n) is 16.5. The number of nitrogens with one attached hydrogen (secondary N) is 1. The van der Waals surface area contributed by atoms with Crippen molar-refractivity contribution in [1.29, 1.82) is 0 Å². The molecule has 0 spiro atoms. The van der Waals surface area contributed by atoms with Crippen molar-refractivity contribution in [2.24, 2.45) is 0 Å². The second-order valence-corrected chi connectivity index (χ2v) is 6.94. The number of ether oxygens (including phenoxy) is 3. The molecule has 0 saturated carbocycles. The normalized spacial score (nSPS) is 12.7. The van der Waals surface area contributed by atoms with Crippen molar-refractivity contribution in [2.75, 3.05) is 6.61 Å². The molecule has 0 aliphatic heterocycles. The lowest BCUT2D eigenvalue weighted by Crippen LogP contribution is -2.16. The van der Waals surface area contributed by atoms with Crippen LogP contribution in [0.1, 0.15) is 51.3 Å². The van der Waals surface area contributed by atoms with Crippen molar-refractivity contribution in [1.82, 2.24) is 9.97 Å². The van der Waals surface area contributed by atoms with Crippen molar-refractivity contribution >= 4 is 28.0 Å². The molecule has 27 heavy (non-hydrogen) atoms. The summed E-state index contributed by atoms with van der Waals surface area (Å²) in [5.41, 5.74) is 3.79. The van der Waals surface area contributed by atoms with Crippen molar-refractivity contribution in [3.63, 3.8) is 0 Å². The molecule has 1 unspecified atom stereocenters. The SMILES string of the molecule is CCCOC(C)c1ccc2[nH]c3cnc(OC(=O)OC(C)C)c(C)c3c2c1. The molecule has 144 valence electrons. The Labute approximate surface area is 158 Å². The lowest BCUT2D eigenvalue weighted by atomic mass is 10.0. The highest BCUT2D eigenvalue weighted by Crippen LogP contribution is 2.33. The third-order valence-electron chi connectivity index (χ3n) is 4.41. The summed E-state index contributed by atoms with van der Waals surface area (Å²) in [6, 6.07) is 6.24. The molecule has 1 atom stereocenters. The highest BCUT2D eigenvalue weighted by atomic mass is 16.7. The van der Waals surface area contributed by atoms with Crippen molar-refractivity contribution in [2.45, 2.75) is 53.2 Å². The highest BCUT2D eigenvalue weighted by molar-refractivity contribution is 6.09. The fourth-order valence-electron chi connectivity index (χ4n) is 3.10. The van der Waals surface area contributed by atoms with Crippen LogP contribution in [-0.4, -0.2) is 28.8 Å². The molecule has 6 nitrogen and oxygen atoms in total. The van der Waals surface area contributed by atoms with Crippen LogP contribution in [0.4, 0.5) is 4.79 Å². The van der Waals surface area contributed by atoms with Crippen LogP contribution in [0, 0.1) is 6.92 Å². The molecule has 0 amide bonds. The smallest absolute Gasteiger partial charge is 0.431 e. The zero-order valence-corrected chi connectivity index (χ0v) is 16.5. The van der Waals surface area contributed by atoms with Crippen LogP contribution in [0.3, 0.4) is 0 Å². The molecule has 6 heteroatoms. The number of hydrogen-bond donors (Lipinski definition) is 1. The zero-order chi connectivity index (χ0) is 19.6. The first kappa shape index (κ1) is 19.2. The fourth-order valence-corrected chi connectivity index (χ4v) is 3.10. The molecule has 2 aromatic heterocycles. The third-order valence-corrected chi connectivity index (χ3v) is 4.41. The summed E-state index contributed by atoms with van der Waals surface area (Å²) in [5.74, 6) is 0.259. The first-order valence-corrected chi connectivity index (χ1v) is 9.31. The molecule has 0 fully saturated rings. The lowest BCUT2D eigenvalue weighted by molar-refractivity contribution is 0.0663. The van der Waals surface area contributed by atoms with E-state index >= 15 is 0 Å². The largest absolute Gasteiger partial charge is 0.515 e. The van der Waals surface area contributed by atoms with Crippen molar-refractivity contribution in [3.05, 3.63) is 35.5 Å². The van der Waals surface area contributed by atoms with E-state index in [1.165, 1.54) is 0 Å². The monoisotopic (exact) mass is 370 g/mol. The second kappa shape index (κ2) is 7.96. The third kappa shape index (κ3) is 4.06. The van der Waals surface area contributed by atoms with Gasteiger partial charge in [-0.2, -0.15) is 0 Å². The van der Waals surface area contributed by atoms with Crippen molar-refractivity contribution < 1.29 is 19.0 Å². The minimum absolute atomic E-state index is 0.0122. The number of hydrogen-bond acceptors (Lipinski definition) is 5. The number of pyridine rings is 1. The van der Waals surface area contributed by atoms with E-state index in [0.717, 1.165) is 46.0 Å². The summed E-state index contributed by atoms with van der Waals surface area (Å²) in [6.07, 6.45) is 1.68. The van der Waals surface area contributed by atoms with Crippen LogP contribution in [0.5, 0.6) is 5.88 Å². The summed E-state index contributed by atoms with van der Waals surface area (Å²) in [6.45, 7) is 10.3. The van der Waals surface area contributed by atoms with E-state index in [4.69, 9.17) is 14.2 Å². The molecule has 0 aliphatic rings. The van der Waals surface area contributed by atoms with Gasteiger partial charge in [0.15, 0.2) is 0 Å². The van der Waals surface area contributed by atoms with Gasteiger partial charge in [0.2, 0.25) is 5.88 Å². The lowest BCUT2D eigenvalue weighted by Gasteiger charge is -2.13. The average molecular weight is 370 g/mol. The van der Waals surface area contributed by atoms with Gasteiger partial charge in [-0.15, -0.1) is 0 Å². The van der Waals surface area contributed by atoms with E-state index in [1.54, 1.807) is 20.0 Å². The Hall–Kier alpha value is -2.60. The minimum Gasteiger partial charge on any atom is -0.431 e. The number of nitrogens with zero attached hydrogens (tertiary/aromatic N) is 1. The van der Waals surface area contributed by atoms with Gasteiger partial charge in [-0.25, -0.2) is 9.78 Å². The van der Waals surface area contributed by atoms with Gasteiger partial charge in [0, 0.05) is 28.5 Å². The van der Waals surface area contributed by atoms with E-state index in [9.17, 15) is 4.79 Å². The van der Waals surface area contributed by atoms with E-state index < -0.39 is 6.16 Å². The molecule has 0 saturated heterocycles. The van der Waals surface area contributed by atoms with Gasteiger partial charge >= 0.3 is 6.16 Å². The minimum atomic E-state index is -0.748. The Morgan fingerprint density at radius 2 is 2.00 bits per heavy atom. The number of aromatic amines is 1. The van der Waals surface area contributed by atoms with Crippen LogP contribution < -0.4 is 4.74 Å². The van der Waals surface area contributed by atoms with Gasteiger partial charge in [-0.3, -0.25) is 0 Å². The molecule has 3 rings (SSSR count). The number of fused-ring (bicyclic) bond motifs is 3. The number of H-pyrrole nitrogens is 1. The molecule has 1 aromatic carbocycles. The number of rotatable bonds is 6. The van der Waals surface area contributed by atoms with E-state index in [0.29, 0.717) is 0 Å². The summed E-state index contributed by atoms with van der Waals surface area (Å²) in [4.78, 5) is 19.5. The molecular weight excluding hydrogens is 344 g/mol. The topological polar surface area (TPSA) is 73.4 Å². The quantitative estimate of drug-likeness (QED) is 0.585. The highest BCUT2D eigenvalue weighted by Gasteiger charge is 2.17. The Kier molecular flexibility index (Phi) is 5.65. The van der Waals surface area contributed by atoms with E-state index in [2.05, 4.69) is 35.9 Å². The standard InChI is InChI=1S/C21H26N2O4/c1-6-9-25-14(5)15-7-8-17-16(10-15)19-13(4)20(22-11-18(19)23-17)27-21(24)26-12(2)3/h7-8,10-12,14,23H,6,9H2,1-5H3. The summed E-state index contributed by atoms with van der Waals surface area (Å²) in [5, 5.41) is 2.04. The Balaban J connectivity index is 2.01. The Morgan fingerprint density at radius 1 is 1.22 bits per heavy atom. The predicted octanol–water partition coefficient (Wildman–Crippen LogP) is 5.44. The first-order chi connectivity index (χ1) is 12.9. The number of aryl methyl sites for hydroxylation is 1. The molecule has 0 radical (unpaired) electrons. The summed E-state index contributed by atoms with van der Waals surface area (Å²) in [7, 11) is 0. The Morgan fingerprint density at radius 3 is 2.70 bits per heavy atom.